The molecule has 1 fully saturated rings. The summed E-state index contributed by atoms with van der Waals surface area (Å²) in [5.41, 5.74) is 0. The second kappa shape index (κ2) is 8.97. The molecule has 1 aliphatic heterocycles. The number of guanidine groups is 1. The summed E-state index contributed by atoms with van der Waals surface area (Å²) in [4.78, 5) is 7.10. The Morgan fingerprint density at radius 3 is 3.00 bits per heavy atom. The molecule has 0 amide bonds. The molecule has 0 aromatic heterocycles. The molecule has 2 N–H and O–H groups in total. The second-order valence-electron chi connectivity index (χ2n) is 4.98. The van der Waals surface area contributed by atoms with Gasteiger partial charge in [0.2, 0.25) is 0 Å². The fourth-order valence-electron chi connectivity index (χ4n) is 2.30. The molecular weight excluding hydrogens is 224 g/mol. The molecule has 1 unspecified atom stereocenters. The minimum absolute atomic E-state index is 0.757. The summed E-state index contributed by atoms with van der Waals surface area (Å²) >= 11 is 0. The third kappa shape index (κ3) is 6.05. The maximum absolute atomic E-state index is 4.58. The van der Waals surface area contributed by atoms with Gasteiger partial charge < -0.3 is 15.5 Å². The van der Waals surface area contributed by atoms with E-state index in [1.54, 1.807) is 0 Å². The SMILES string of the molecule is C=CCNC(=NCCN1CCCC(C)C1)NCC. The quantitative estimate of drug-likeness (QED) is 0.427. The van der Waals surface area contributed by atoms with Gasteiger partial charge in [-0.05, 0) is 32.2 Å². The zero-order valence-electron chi connectivity index (χ0n) is 11.9. The Morgan fingerprint density at radius 2 is 2.33 bits per heavy atom. The Bertz CT molecular complexity index is 263. The lowest BCUT2D eigenvalue weighted by atomic mass is 10.0. The fraction of sp³-hybridized carbons (Fsp3) is 0.786. The van der Waals surface area contributed by atoms with E-state index in [0.29, 0.717) is 0 Å². The number of piperidine rings is 1. The van der Waals surface area contributed by atoms with E-state index in [9.17, 15) is 0 Å². The van der Waals surface area contributed by atoms with E-state index in [0.717, 1.165) is 38.1 Å². The molecule has 18 heavy (non-hydrogen) atoms. The van der Waals surface area contributed by atoms with E-state index in [1.165, 1.54) is 25.9 Å². The van der Waals surface area contributed by atoms with Gasteiger partial charge >= 0.3 is 0 Å². The Labute approximate surface area is 112 Å². The summed E-state index contributed by atoms with van der Waals surface area (Å²) in [7, 11) is 0. The third-order valence-electron chi connectivity index (χ3n) is 3.19. The van der Waals surface area contributed by atoms with Crippen LogP contribution in [0, 0.1) is 5.92 Å². The van der Waals surface area contributed by atoms with Crippen molar-refractivity contribution in [3.8, 4) is 0 Å². The Balaban J connectivity index is 2.28. The molecule has 1 aliphatic rings. The molecule has 4 nitrogen and oxygen atoms in total. The molecule has 0 aliphatic carbocycles. The molecule has 0 aromatic carbocycles. The van der Waals surface area contributed by atoms with Crippen LogP contribution in [-0.4, -0.2) is 50.1 Å². The number of nitrogens with zero attached hydrogens (tertiary/aromatic N) is 2. The number of hydrogen-bond acceptors (Lipinski definition) is 2. The highest BCUT2D eigenvalue weighted by Crippen LogP contribution is 2.14. The van der Waals surface area contributed by atoms with Crippen LogP contribution in [0.1, 0.15) is 26.7 Å². The monoisotopic (exact) mass is 252 g/mol. The van der Waals surface area contributed by atoms with Crippen molar-refractivity contribution in [3.05, 3.63) is 12.7 Å². The number of likely N-dealkylation sites (tertiary alicyclic amines) is 1. The summed E-state index contributed by atoms with van der Waals surface area (Å²) in [6, 6.07) is 0. The van der Waals surface area contributed by atoms with Gasteiger partial charge in [-0.2, -0.15) is 0 Å². The molecule has 1 saturated heterocycles. The standard InChI is InChI=1S/C14H28N4/c1-4-8-16-14(15-5-2)17-9-11-18-10-6-7-13(3)12-18/h4,13H,1,5-12H2,2-3H3,(H2,15,16,17). The van der Waals surface area contributed by atoms with Crippen LogP contribution in [0.25, 0.3) is 0 Å². The smallest absolute Gasteiger partial charge is 0.191 e. The van der Waals surface area contributed by atoms with Gasteiger partial charge in [-0.15, -0.1) is 6.58 Å². The lowest BCUT2D eigenvalue weighted by Gasteiger charge is -2.30. The molecule has 0 bridgehead atoms. The predicted molar refractivity (Wildman–Crippen MR) is 79.0 cm³/mol. The number of rotatable bonds is 6. The first-order valence-electron chi connectivity index (χ1n) is 7.11. The zero-order chi connectivity index (χ0) is 13.2. The number of hydrogen-bond donors (Lipinski definition) is 2. The van der Waals surface area contributed by atoms with Gasteiger partial charge in [0.05, 0.1) is 6.54 Å². The molecule has 0 saturated carbocycles. The maximum Gasteiger partial charge on any atom is 0.191 e. The topological polar surface area (TPSA) is 39.7 Å². The van der Waals surface area contributed by atoms with Crippen molar-refractivity contribution in [2.45, 2.75) is 26.7 Å². The van der Waals surface area contributed by atoms with Crippen LogP contribution in [-0.2, 0) is 0 Å². The van der Waals surface area contributed by atoms with Crippen LogP contribution in [0.5, 0.6) is 0 Å². The highest BCUT2D eigenvalue weighted by Gasteiger charge is 2.15. The first-order chi connectivity index (χ1) is 8.76. The molecule has 1 heterocycles. The summed E-state index contributed by atoms with van der Waals surface area (Å²) in [5.74, 6) is 1.73. The molecule has 0 radical (unpaired) electrons. The lowest BCUT2D eigenvalue weighted by molar-refractivity contribution is 0.189. The highest BCUT2D eigenvalue weighted by molar-refractivity contribution is 5.79. The Hall–Kier alpha value is -1.03. The highest BCUT2D eigenvalue weighted by atomic mass is 15.2. The van der Waals surface area contributed by atoms with Crippen molar-refractivity contribution in [1.82, 2.24) is 15.5 Å². The van der Waals surface area contributed by atoms with Gasteiger partial charge in [-0.1, -0.05) is 13.0 Å². The summed E-state index contributed by atoms with van der Waals surface area (Å²) in [6.45, 7) is 14.2. The van der Waals surface area contributed by atoms with Crippen molar-refractivity contribution in [1.29, 1.82) is 0 Å². The van der Waals surface area contributed by atoms with Crippen molar-refractivity contribution in [2.75, 3.05) is 39.3 Å². The van der Waals surface area contributed by atoms with E-state index in [1.807, 2.05) is 6.08 Å². The maximum atomic E-state index is 4.58. The predicted octanol–water partition coefficient (Wildman–Crippen LogP) is 1.46. The van der Waals surface area contributed by atoms with E-state index in [-0.39, 0.29) is 0 Å². The first-order valence-corrected chi connectivity index (χ1v) is 7.11. The van der Waals surface area contributed by atoms with E-state index >= 15 is 0 Å². The van der Waals surface area contributed by atoms with Gasteiger partial charge in [0.15, 0.2) is 5.96 Å². The van der Waals surface area contributed by atoms with Crippen LogP contribution in [0.15, 0.2) is 17.6 Å². The summed E-state index contributed by atoms with van der Waals surface area (Å²) in [5, 5.41) is 6.46. The largest absolute Gasteiger partial charge is 0.357 e. The van der Waals surface area contributed by atoms with Crippen molar-refractivity contribution < 1.29 is 0 Å². The average molecular weight is 252 g/mol. The van der Waals surface area contributed by atoms with Crippen LogP contribution in [0.2, 0.25) is 0 Å². The summed E-state index contributed by atoms with van der Waals surface area (Å²) in [6.07, 6.45) is 4.56. The van der Waals surface area contributed by atoms with Gasteiger partial charge in [0.25, 0.3) is 0 Å². The molecule has 1 rings (SSSR count). The van der Waals surface area contributed by atoms with Crippen LogP contribution in [0.4, 0.5) is 0 Å². The van der Waals surface area contributed by atoms with E-state index in [2.05, 4.69) is 41.0 Å². The molecule has 4 heteroatoms. The molecule has 0 aromatic rings. The molecular formula is C14H28N4. The van der Waals surface area contributed by atoms with Gasteiger partial charge in [-0.3, -0.25) is 4.99 Å². The van der Waals surface area contributed by atoms with Crippen LogP contribution in [0.3, 0.4) is 0 Å². The molecule has 1 atom stereocenters. The van der Waals surface area contributed by atoms with Crippen molar-refractivity contribution >= 4 is 5.96 Å². The van der Waals surface area contributed by atoms with E-state index < -0.39 is 0 Å². The normalized spacial score (nSPS) is 21.7. The fourth-order valence-corrected chi connectivity index (χ4v) is 2.30. The molecule has 104 valence electrons. The molecule has 0 spiro atoms. The van der Waals surface area contributed by atoms with Crippen LogP contribution < -0.4 is 10.6 Å². The van der Waals surface area contributed by atoms with Gasteiger partial charge in [-0.25, -0.2) is 0 Å². The second-order valence-corrected chi connectivity index (χ2v) is 4.98. The minimum atomic E-state index is 0.757. The van der Waals surface area contributed by atoms with Gasteiger partial charge in [0, 0.05) is 26.2 Å². The van der Waals surface area contributed by atoms with Crippen molar-refractivity contribution in [3.63, 3.8) is 0 Å². The minimum Gasteiger partial charge on any atom is -0.357 e. The lowest BCUT2D eigenvalue weighted by Crippen LogP contribution is -2.39. The number of aliphatic imine (C=N–C) groups is 1. The number of nitrogens with one attached hydrogen (secondary N) is 2. The Kier molecular flexibility index (Phi) is 7.49. The average Bonchev–Trinajstić information content (AvgIpc) is 2.36. The summed E-state index contributed by atoms with van der Waals surface area (Å²) < 4.78 is 0. The van der Waals surface area contributed by atoms with Gasteiger partial charge in [0.1, 0.15) is 0 Å². The van der Waals surface area contributed by atoms with Crippen LogP contribution >= 0.6 is 0 Å². The first kappa shape index (κ1) is 15.0. The zero-order valence-corrected chi connectivity index (χ0v) is 11.9. The van der Waals surface area contributed by atoms with Crippen molar-refractivity contribution in [2.24, 2.45) is 10.9 Å². The third-order valence-corrected chi connectivity index (χ3v) is 3.19. The Morgan fingerprint density at radius 1 is 1.50 bits per heavy atom. The van der Waals surface area contributed by atoms with E-state index in [4.69, 9.17) is 0 Å².